The molecule has 29 heavy (non-hydrogen) atoms. The van der Waals surface area contributed by atoms with Crippen molar-refractivity contribution in [3.8, 4) is 0 Å². The number of methoxy groups -OCH3 is 1. The van der Waals surface area contributed by atoms with E-state index in [-0.39, 0.29) is 23.2 Å². The highest BCUT2D eigenvalue weighted by molar-refractivity contribution is 5.69. The van der Waals surface area contributed by atoms with Crippen LogP contribution in [0.4, 0.5) is 0 Å². The van der Waals surface area contributed by atoms with Crippen molar-refractivity contribution in [1.82, 2.24) is 0 Å². The van der Waals surface area contributed by atoms with Crippen molar-refractivity contribution in [1.29, 1.82) is 0 Å². The lowest BCUT2D eigenvalue weighted by atomic mass is 9.63. The molecular formula is C24H38O5. The molecule has 0 heterocycles. The van der Waals surface area contributed by atoms with Gasteiger partial charge in [-0.1, -0.05) is 42.9 Å². The first-order valence-electron chi connectivity index (χ1n) is 11.0. The van der Waals surface area contributed by atoms with Gasteiger partial charge in [-0.2, -0.15) is 0 Å². The third kappa shape index (κ3) is 6.53. The van der Waals surface area contributed by atoms with Gasteiger partial charge < -0.3 is 20.1 Å². The first kappa shape index (κ1) is 23.8. The molecule has 0 saturated heterocycles. The Labute approximate surface area is 175 Å². The summed E-state index contributed by atoms with van der Waals surface area (Å²) in [7, 11) is 1.39. The lowest BCUT2D eigenvalue weighted by Crippen LogP contribution is -2.40. The van der Waals surface area contributed by atoms with E-state index in [2.05, 4.69) is 10.8 Å². The molecule has 5 heteroatoms. The molecule has 0 bridgehead atoms. The SMILES string of the molecule is CC=CCC1(C(O)C=C[C@@H]2[C@@H](CC=CCCCC(=O)OC)[C@H](O)C[C@H]2O)CCC1. The molecule has 2 saturated carbocycles. The highest BCUT2D eigenvalue weighted by atomic mass is 16.5. The number of aliphatic hydroxyl groups is 3. The van der Waals surface area contributed by atoms with Crippen LogP contribution in [0, 0.1) is 17.3 Å². The lowest BCUT2D eigenvalue weighted by molar-refractivity contribution is -0.140. The van der Waals surface area contributed by atoms with Crippen LogP contribution in [0.15, 0.2) is 36.5 Å². The summed E-state index contributed by atoms with van der Waals surface area (Å²) in [6, 6.07) is 0. The number of hydrogen-bond acceptors (Lipinski definition) is 5. The minimum Gasteiger partial charge on any atom is -0.469 e. The van der Waals surface area contributed by atoms with Gasteiger partial charge in [0.1, 0.15) is 0 Å². The quantitative estimate of drug-likeness (QED) is 0.277. The summed E-state index contributed by atoms with van der Waals surface area (Å²) in [6.45, 7) is 2.00. The standard InChI is InChI=1S/C24H38O5/c1-3-4-14-24(15-9-16-24)22(27)13-12-19-18(20(25)17-21(19)26)10-7-5-6-8-11-23(28)29-2/h3-5,7,12-13,18-22,25-27H,6,8-11,14-17H2,1-2H3/t18-,19-,20-,21-,22?/m1/s1. The first-order chi connectivity index (χ1) is 13.9. The minimum atomic E-state index is -0.584. The topological polar surface area (TPSA) is 87.0 Å². The van der Waals surface area contributed by atoms with Crippen LogP contribution in [0.3, 0.4) is 0 Å². The smallest absolute Gasteiger partial charge is 0.305 e. The van der Waals surface area contributed by atoms with Crippen LogP contribution in [0.25, 0.3) is 0 Å². The van der Waals surface area contributed by atoms with E-state index in [1.165, 1.54) is 7.11 Å². The summed E-state index contributed by atoms with van der Waals surface area (Å²) >= 11 is 0. The number of allylic oxidation sites excluding steroid dienone is 4. The van der Waals surface area contributed by atoms with Crippen LogP contribution in [-0.4, -0.2) is 46.7 Å². The third-order valence-electron chi connectivity index (χ3n) is 6.72. The average Bonchev–Trinajstić information content (AvgIpc) is 2.94. The molecule has 0 aromatic heterocycles. The van der Waals surface area contributed by atoms with Crippen molar-refractivity contribution >= 4 is 5.97 Å². The second kappa shape index (κ2) is 11.7. The molecule has 3 N–H and O–H groups in total. The molecule has 164 valence electrons. The van der Waals surface area contributed by atoms with Crippen molar-refractivity contribution in [3.63, 3.8) is 0 Å². The highest BCUT2D eigenvalue weighted by Gasteiger charge is 2.43. The van der Waals surface area contributed by atoms with Crippen LogP contribution < -0.4 is 0 Å². The Bertz CT molecular complexity index is 590. The second-order valence-corrected chi connectivity index (χ2v) is 8.61. The highest BCUT2D eigenvalue weighted by Crippen LogP contribution is 2.48. The molecular weight excluding hydrogens is 368 g/mol. The van der Waals surface area contributed by atoms with E-state index in [9.17, 15) is 20.1 Å². The van der Waals surface area contributed by atoms with Crippen molar-refractivity contribution < 1.29 is 24.9 Å². The van der Waals surface area contributed by atoms with E-state index < -0.39 is 18.3 Å². The molecule has 0 aliphatic heterocycles. The van der Waals surface area contributed by atoms with Gasteiger partial charge in [0.2, 0.25) is 0 Å². The summed E-state index contributed by atoms with van der Waals surface area (Å²) in [5, 5.41) is 31.5. The molecule has 1 unspecified atom stereocenters. The molecule has 0 spiro atoms. The second-order valence-electron chi connectivity index (χ2n) is 8.61. The molecule has 2 rings (SSSR count). The number of unbranched alkanes of at least 4 members (excludes halogenated alkanes) is 1. The maximum absolute atomic E-state index is 11.1. The van der Waals surface area contributed by atoms with Gasteiger partial charge in [-0.05, 0) is 51.4 Å². The monoisotopic (exact) mass is 406 g/mol. The average molecular weight is 407 g/mol. The number of hydrogen-bond donors (Lipinski definition) is 3. The Balaban J connectivity index is 1.90. The molecule has 0 radical (unpaired) electrons. The van der Waals surface area contributed by atoms with Gasteiger partial charge in [0.15, 0.2) is 0 Å². The molecule has 0 aromatic carbocycles. The number of carbonyl (C=O) groups excluding carboxylic acids is 1. The number of rotatable bonds is 11. The van der Waals surface area contributed by atoms with Gasteiger partial charge in [0, 0.05) is 24.2 Å². The largest absolute Gasteiger partial charge is 0.469 e. The molecule has 2 fully saturated rings. The maximum atomic E-state index is 11.1. The van der Waals surface area contributed by atoms with Crippen LogP contribution >= 0.6 is 0 Å². The van der Waals surface area contributed by atoms with E-state index in [0.29, 0.717) is 19.3 Å². The zero-order valence-electron chi connectivity index (χ0n) is 17.9. The summed E-state index contributed by atoms with van der Waals surface area (Å²) in [4.78, 5) is 11.1. The predicted octanol–water partition coefficient (Wildman–Crippen LogP) is 3.69. The zero-order chi connectivity index (χ0) is 21.3. The number of esters is 1. The summed E-state index contributed by atoms with van der Waals surface area (Å²) in [6.07, 6.45) is 17.4. The van der Waals surface area contributed by atoms with E-state index >= 15 is 0 Å². The Morgan fingerprint density at radius 3 is 2.59 bits per heavy atom. The molecule has 2 aliphatic rings. The Morgan fingerprint density at radius 2 is 1.97 bits per heavy atom. The number of carbonyl (C=O) groups is 1. The van der Waals surface area contributed by atoms with Crippen LogP contribution in [-0.2, 0) is 9.53 Å². The van der Waals surface area contributed by atoms with Crippen LogP contribution in [0.2, 0.25) is 0 Å². The Hall–Kier alpha value is -1.43. The Morgan fingerprint density at radius 1 is 1.21 bits per heavy atom. The first-order valence-corrected chi connectivity index (χ1v) is 11.0. The number of aliphatic hydroxyl groups excluding tert-OH is 3. The molecule has 5 nitrogen and oxygen atoms in total. The fraction of sp³-hybridized carbons (Fsp3) is 0.708. The predicted molar refractivity (Wildman–Crippen MR) is 114 cm³/mol. The molecule has 2 aliphatic carbocycles. The normalized spacial score (nSPS) is 30.2. The van der Waals surface area contributed by atoms with E-state index in [4.69, 9.17) is 0 Å². The summed E-state index contributed by atoms with van der Waals surface area (Å²) < 4.78 is 4.63. The van der Waals surface area contributed by atoms with Gasteiger partial charge in [-0.25, -0.2) is 0 Å². The molecule has 0 amide bonds. The van der Waals surface area contributed by atoms with Crippen LogP contribution in [0.1, 0.15) is 64.7 Å². The third-order valence-corrected chi connectivity index (χ3v) is 6.72. The van der Waals surface area contributed by atoms with Crippen molar-refractivity contribution in [3.05, 3.63) is 36.5 Å². The fourth-order valence-corrected chi connectivity index (χ4v) is 4.59. The zero-order valence-corrected chi connectivity index (χ0v) is 17.9. The fourth-order valence-electron chi connectivity index (χ4n) is 4.59. The van der Waals surface area contributed by atoms with Gasteiger partial charge >= 0.3 is 5.97 Å². The van der Waals surface area contributed by atoms with E-state index in [0.717, 1.165) is 38.5 Å². The van der Waals surface area contributed by atoms with Gasteiger partial charge in [-0.15, -0.1) is 0 Å². The summed E-state index contributed by atoms with van der Waals surface area (Å²) in [5.41, 5.74) is -0.0692. The summed E-state index contributed by atoms with van der Waals surface area (Å²) in [5.74, 6) is -0.411. The van der Waals surface area contributed by atoms with Gasteiger partial charge in [0.25, 0.3) is 0 Å². The number of ether oxygens (including phenoxy) is 1. The molecule has 5 atom stereocenters. The van der Waals surface area contributed by atoms with Crippen molar-refractivity contribution in [2.45, 2.75) is 83.0 Å². The van der Waals surface area contributed by atoms with E-state index in [1.54, 1.807) is 0 Å². The van der Waals surface area contributed by atoms with Crippen molar-refractivity contribution in [2.75, 3.05) is 7.11 Å². The van der Waals surface area contributed by atoms with Gasteiger partial charge in [0.05, 0.1) is 25.4 Å². The van der Waals surface area contributed by atoms with Crippen LogP contribution in [0.5, 0.6) is 0 Å². The minimum absolute atomic E-state index is 0.0572. The van der Waals surface area contributed by atoms with E-state index in [1.807, 2.05) is 37.3 Å². The van der Waals surface area contributed by atoms with Crippen molar-refractivity contribution in [2.24, 2.45) is 17.3 Å². The maximum Gasteiger partial charge on any atom is 0.305 e. The molecule has 0 aromatic rings. The Kier molecular flexibility index (Phi) is 9.60. The van der Waals surface area contributed by atoms with Gasteiger partial charge in [-0.3, -0.25) is 4.79 Å². The lowest BCUT2D eigenvalue weighted by Gasteiger charge is -2.44.